The van der Waals surface area contributed by atoms with Gasteiger partial charge in [0.15, 0.2) is 0 Å². The molecule has 133 heavy (non-hydrogen) atoms. The number of nitrogens with zero attached hydrogens (tertiary/aromatic N) is 10. The minimum atomic E-state index is -3.71. The van der Waals surface area contributed by atoms with E-state index in [0.717, 1.165) is 0 Å². The number of ether oxygens (including phenoxy) is 1. The first kappa shape index (κ1) is 98.8. The van der Waals surface area contributed by atoms with Gasteiger partial charge in [-0.1, -0.05) is 70.7 Å². The lowest BCUT2D eigenvalue weighted by atomic mass is 10.1. The lowest BCUT2D eigenvalue weighted by Crippen LogP contribution is -2.49. The maximum absolute atomic E-state index is 13.0. The Bertz CT molecular complexity index is 6600. The Morgan fingerprint density at radius 2 is 0.624 bits per heavy atom. The van der Waals surface area contributed by atoms with Gasteiger partial charge in [0, 0.05) is 184 Å². The fourth-order valence-electron chi connectivity index (χ4n) is 14.8. The van der Waals surface area contributed by atoms with Crippen molar-refractivity contribution in [3.8, 4) is 45.0 Å². The summed E-state index contributed by atoms with van der Waals surface area (Å²) in [6, 6.07) is 65.9. The first-order valence-electron chi connectivity index (χ1n) is 42.1. The smallest absolute Gasteiger partial charge is 0.255 e. The molecule has 30 nitrogen and oxygen atoms in total. The highest BCUT2D eigenvalue weighted by atomic mass is 35.5. The number of anilines is 4. The van der Waals surface area contributed by atoms with E-state index in [9.17, 15) is 62.8 Å². The molecule has 8 aromatic carbocycles. The normalized spacial score (nSPS) is 16.1. The van der Waals surface area contributed by atoms with E-state index in [1.54, 1.807) is 109 Å². The maximum Gasteiger partial charge on any atom is 0.255 e. The van der Waals surface area contributed by atoms with Crippen molar-refractivity contribution < 1.29 is 72.6 Å². The Morgan fingerprint density at radius 1 is 0.361 bits per heavy atom. The number of hydrogen-bond donors (Lipinski definition) is 6. The molecule has 2 atom stereocenters. The number of benzene rings is 8. The fraction of sp³-hybridized carbons (Fsp3) is 0.232. The van der Waals surface area contributed by atoms with Gasteiger partial charge in [-0.05, 0) is 245 Å². The van der Waals surface area contributed by atoms with Crippen molar-refractivity contribution in [2.75, 3.05) is 113 Å². The van der Waals surface area contributed by atoms with Gasteiger partial charge in [-0.3, -0.25) is 48.8 Å². The quantitative estimate of drug-likeness (QED) is 0.0367. The number of sulfonamides is 4. The standard InChI is InChI=1S/C24H23ClN4O4S.C24H25ClN4O4S.C24H24ClN3O4S.C23H22ClN3O4S/c1-17(30)28-12-14-29(15-13-28)34(32,33)20-8-5-18(6-9-20)24(31)27-19-7-10-22(25)21(16-19)23-4-2-3-11-26-23;25-22-9-6-19(17-21(22)23-3-1-2-10-26-23)27-24(31)18-4-7-20(8-5-18)34(32,33)29-13-11-28(12-14-29)15-16-30;1-16-14-28(15-17(2)32-16)33(30,31)20-9-6-18(7-10-20)24(29)27-19-8-11-22(25)21(13-19)23-5-3-4-12-26-23;24-21-9-6-17(15-20(21)22-3-1-2-12-25-22)26-23(29)16-4-7-19(8-5-16)32(30,31)27-13-10-18(28)11-14-27/h2-11,16H,12-15H2,1H3,(H,27,31);1-10,17,30H,11-16H2,(H,27,31);3-13,16-17H,14-15H2,1-2H3,(H,27,29);1-9,12,15,18,28H,10-11,13-14H2,(H,26,29). The van der Waals surface area contributed by atoms with Crippen LogP contribution in [-0.4, -0.2) is 230 Å². The molecule has 692 valence electrons. The van der Waals surface area contributed by atoms with Crippen LogP contribution in [0.5, 0.6) is 0 Å². The Balaban J connectivity index is 0.000000151. The highest BCUT2D eigenvalue weighted by Crippen LogP contribution is 2.36. The number of aliphatic hydroxyl groups is 2. The zero-order valence-electron chi connectivity index (χ0n) is 72.2. The first-order chi connectivity index (χ1) is 63.7. The lowest BCUT2D eigenvalue weighted by molar-refractivity contribution is -0.130. The molecular weight excluding hydrogens is 1860 g/mol. The van der Waals surface area contributed by atoms with Crippen molar-refractivity contribution in [1.82, 2.24) is 47.0 Å². The SMILES string of the molecule is CC(=O)N1CCN(S(=O)(=O)c2ccc(C(=O)Nc3ccc(Cl)c(-c4ccccn4)c3)cc2)CC1.CC1CN(S(=O)(=O)c2ccc(C(=O)Nc3ccc(Cl)c(-c4ccccn4)c3)cc2)CC(C)O1.O=C(Nc1ccc(Cl)c(-c2ccccn2)c1)c1ccc(S(=O)(=O)N2CCC(O)CC2)cc1.O=C(Nc1ccc(Cl)c(-c2ccccn2)c1)c1ccc(S(=O)(=O)N2CCN(CCO)CC2)cc1. The lowest BCUT2D eigenvalue weighted by Gasteiger charge is -2.34. The number of morpholine rings is 1. The number of aromatic nitrogens is 4. The van der Waals surface area contributed by atoms with Crippen LogP contribution in [0.25, 0.3) is 45.0 Å². The number of hydrogen-bond acceptors (Lipinski definition) is 21. The van der Waals surface area contributed by atoms with Crippen LogP contribution in [0.2, 0.25) is 20.1 Å². The number of amides is 5. The molecule has 6 N–H and O–H groups in total. The molecule has 16 rings (SSSR count). The number of halogens is 4. The average molecular weight is 1960 g/mol. The molecule has 8 heterocycles. The van der Waals surface area contributed by atoms with Gasteiger partial charge in [-0.15, -0.1) is 0 Å². The summed E-state index contributed by atoms with van der Waals surface area (Å²) in [6.07, 6.45) is 6.69. The Kier molecular flexibility index (Phi) is 33.4. The Hall–Kier alpha value is -11.7. The zero-order valence-corrected chi connectivity index (χ0v) is 78.5. The van der Waals surface area contributed by atoms with Gasteiger partial charge in [0.1, 0.15) is 0 Å². The number of piperazine rings is 2. The molecule has 0 aliphatic carbocycles. The van der Waals surface area contributed by atoms with Gasteiger partial charge >= 0.3 is 0 Å². The molecule has 5 amide bonds. The number of piperidine rings is 1. The highest BCUT2D eigenvalue weighted by molar-refractivity contribution is 7.90. The van der Waals surface area contributed by atoms with Crippen molar-refractivity contribution in [3.63, 3.8) is 0 Å². The minimum absolute atomic E-state index is 0.0523. The summed E-state index contributed by atoms with van der Waals surface area (Å²) in [7, 11) is -14.7. The third-order valence-corrected chi connectivity index (χ3v) is 30.8. The summed E-state index contributed by atoms with van der Waals surface area (Å²) in [5, 5.41) is 32.0. The molecular formula is C95H94Cl4N14O16S4. The molecule has 38 heteroatoms. The summed E-state index contributed by atoms with van der Waals surface area (Å²) < 4.78 is 115. The summed E-state index contributed by atoms with van der Waals surface area (Å²) >= 11 is 25.2. The summed E-state index contributed by atoms with van der Waals surface area (Å²) in [6.45, 7) is 9.96. The van der Waals surface area contributed by atoms with Gasteiger partial charge in [0.25, 0.3) is 23.6 Å². The van der Waals surface area contributed by atoms with E-state index in [4.69, 9.17) is 56.2 Å². The summed E-state index contributed by atoms with van der Waals surface area (Å²) in [5.74, 6) is -1.55. The second-order valence-electron chi connectivity index (χ2n) is 31.1. The van der Waals surface area contributed by atoms with E-state index in [2.05, 4.69) is 41.2 Å². The Labute approximate surface area is 791 Å². The van der Waals surface area contributed by atoms with Gasteiger partial charge in [0.05, 0.1) is 87.4 Å². The number of carbonyl (C=O) groups excluding carboxylic acids is 5. The van der Waals surface area contributed by atoms with Crippen molar-refractivity contribution in [2.45, 2.75) is 71.5 Å². The molecule has 4 aliphatic heterocycles. The largest absolute Gasteiger partial charge is 0.395 e. The molecule has 4 saturated heterocycles. The van der Waals surface area contributed by atoms with Gasteiger partial charge in [-0.2, -0.15) is 17.2 Å². The number of rotatable bonds is 22. The van der Waals surface area contributed by atoms with Crippen molar-refractivity contribution in [2.24, 2.45) is 0 Å². The van der Waals surface area contributed by atoms with Gasteiger partial charge in [-0.25, -0.2) is 33.7 Å². The molecule has 0 radical (unpaired) electrons. The van der Waals surface area contributed by atoms with Crippen LogP contribution in [0.4, 0.5) is 22.7 Å². The second-order valence-corrected chi connectivity index (χ2v) is 40.5. The number of β-amino-alcohol motifs (C(OH)–C–C–N with tert-alkyl or cyclic N) is 1. The van der Waals surface area contributed by atoms with Gasteiger partial charge < -0.3 is 41.1 Å². The maximum atomic E-state index is 13.0. The molecule has 0 spiro atoms. The topological polar surface area (TPSA) is 391 Å². The minimum Gasteiger partial charge on any atom is -0.395 e. The average Bonchev–Trinajstić information content (AvgIpc) is 0.795. The first-order valence-corrected chi connectivity index (χ1v) is 49.4. The molecule has 12 aromatic rings. The zero-order chi connectivity index (χ0) is 94.7. The second kappa shape index (κ2) is 44.9. The van der Waals surface area contributed by atoms with Gasteiger partial charge in [0.2, 0.25) is 46.0 Å². The van der Waals surface area contributed by atoms with Crippen LogP contribution in [0.15, 0.2) is 287 Å². The van der Waals surface area contributed by atoms with E-state index >= 15 is 0 Å². The molecule has 0 bridgehead atoms. The third kappa shape index (κ3) is 25.5. The third-order valence-electron chi connectivity index (χ3n) is 21.9. The highest BCUT2D eigenvalue weighted by Gasteiger charge is 2.35. The van der Waals surface area contributed by atoms with Crippen LogP contribution in [0.1, 0.15) is 75.0 Å². The van der Waals surface area contributed by atoms with Crippen LogP contribution in [0.3, 0.4) is 0 Å². The summed E-state index contributed by atoms with van der Waals surface area (Å²) in [4.78, 5) is 83.8. The molecule has 0 saturated carbocycles. The number of nitrogens with one attached hydrogen (secondary N) is 4. The van der Waals surface area contributed by atoms with Crippen LogP contribution >= 0.6 is 46.4 Å². The summed E-state index contributed by atoms with van der Waals surface area (Å²) in [5.41, 5.74) is 9.03. The van der Waals surface area contributed by atoms with Crippen molar-refractivity contribution in [3.05, 3.63) is 310 Å². The van der Waals surface area contributed by atoms with E-state index in [1.165, 1.54) is 121 Å². The van der Waals surface area contributed by atoms with E-state index < -0.39 is 46.2 Å². The van der Waals surface area contributed by atoms with Crippen molar-refractivity contribution in [1.29, 1.82) is 0 Å². The number of pyridine rings is 4. The molecule has 4 fully saturated rings. The Morgan fingerprint density at radius 3 is 0.880 bits per heavy atom. The molecule has 2 unspecified atom stereocenters. The van der Waals surface area contributed by atoms with Crippen molar-refractivity contribution >= 4 is 139 Å². The fourth-order valence-corrected chi connectivity index (χ4v) is 21.6. The van der Waals surface area contributed by atoms with E-state index in [0.29, 0.717) is 182 Å². The molecule has 4 aromatic heterocycles. The molecule has 4 aliphatic rings. The van der Waals surface area contributed by atoms with Crippen LogP contribution in [-0.2, 0) is 49.6 Å². The predicted octanol–water partition coefficient (Wildman–Crippen LogP) is 14.7. The number of aliphatic hydroxyl groups excluding tert-OH is 2. The monoisotopic (exact) mass is 1950 g/mol. The van der Waals surface area contributed by atoms with Crippen LogP contribution in [0, 0.1) is 0 Å². The van der Waals surface area contributed by atoms with E-state index in [1.807, 2.05) is 85.5 Å². The van der Waals surface area contributed by atoms with E-state index in [-0.39, 0.29) is 94.1 Å². The number of carbonyl (C=O) groups is 5. The van der Waals surface area contributed by atoms with Crippen LogP contribution < -0.4 is 21.3 Å². The predicted molar refractivity (Wildman–Crippen MR) is 512 cm³/mol.